The topological polar surface area (TPSA) is 94.5 Å². The minimum absolute atomic E-state index is 0.220. The highest BCUT2D eigenvalue weighted by atomic mass is 15.3. The molecule has 2 heterocycles. The van der Waals surface area contributed by atoms with Gasteiger partial charge < -0.3 is 11.1 Å². The number of nitrogens with one attached hydrogen (secondary N) is 1. The second-order valence-corrected chi connectivity index (χ2v) is 5.65. The number of nitrogens with zero attached hydrogens (tertiary/aromatic N) is 5. The Kier molecular flexibility index (Phi) is 3.98. The van der Waals surface area contributed by atoms with Crippen molar-refractivity contribution in [3.05, 3.63) is 18.7 Å². The van der Waals surface area contributed by atoms with Gasteiger partial charge in [0.1, 0.15) is 6.33 Å². The molecule has 112 valence electrons. The van der Waals surface area contributed by atoms with Crippen molar-refractivity contribution in [2.24, 2.45) is 5.92 Å². The Morgan fingerprint density at radius 3 is 2.86 bits per heavy atom. The third-order valence-electron chi connectivity index (χ3n) is 4.05. The molecule has 21 heavy (non-hydrogen) atoms. The summed E-state index contributed by atoms with van der Waals surface area (Å²) in [6.07, 6.45) is 11.4. The fourth-order valence-electron chi connectivity index (χ4n) is 2.81. The van der Waals surface area contributed by atoms with E-state index < -0.39 is 0 Å². The Hall–Kier alpha value is -2.18. The summed E-state index contributed by atoms with van der Waals surface area (Å²) in [6.45, 7) is 2.28. The number of aromatic nitrogens is 5. The van der Waals surface area contributed by atoms with Crippen LogP contribution in [0.5, 0.6) is 0 Å². The Labute approximate surface area is 124 Å². The Balaban J connectivity index is 1.81. The highest BCUT2D eigenvalue weighted by Gasteiger charge is 2.21. The molecule has 1 saturated carbocycles. The molecule has 0 aromatic carbocycles. The van der Waals surface area contributed by atoms with E-state index in [0.29, 0.717) is 23.9 Å². The lowest BCUT2D eigenvalue weighted by molar-refractivity contribution is 0.454. The molecule has 0 aliphatic heterocycles. The molecule has 2 unspecified atom stereocenters. The Bertz CT molecular complexity index is 581. The summed E-state index contributed by atoms with van der Waals surface area (Å²) in [6, 6.07) is 0.393. The van der Waals surface area contributed by atoms with Crippen molar-refractivity contribution in [2.75, 3.05) is 11.1 Å². The van der Waals surface area contributed by atoms with Gasteiger partial charge >= 0.3 is 0 Å². The molecule has 0 bridgehead atoms. The fraction of sp³-hybridized carbons (Fsp3) is 0.571. The number of nitrogen functional groups attached to an aromatic ring is 1. The summed E-state index contributed by atoms with van der Waals surface area (Å²) in [7, 11) is 0. The van der Waals surface area contributed by atoms with Crippen LogP contribution in [0.15, 0.2) is 18.7 Å². The zero-order valence-corrected chi connectivity index (χ0v) is 12.2. The zero-order valence-electron chi connectivity index (χ0n) is 12.2. The van der Waals surface area contributed by atoms with E-state index in [-0.39, 0.29) is 5.95 Å². The quantitative estimate of drug-likeness (QED) is 0.839. The number of imidazole rings is 1. The van der Waals surface area contributed by atoms with Crippen molar-refractivity contribution in [1.82, 2.24) is 24.5 Å². The lowest BCUT2D eigenvalue weighted by atomic mass is 9.97. The van der Waals surface area contributed by atoms with Crippen LogP contribution < -0.4 is 11.1 Å². The minimum atomic E-state index is 0.220. The first-order valence-corrected chi connectivity index (χ1v) is 7.49. The van der Waals surface area contributed by atoms with E-state index in [0.717, 1.165) is 6.42 Å². The molecule has 2 aromatic rings. The SMILES string of the molecule is CC1CCCCCC1Nc1nc(N)nc(-n2ccnc2)n1. The van der Waals surface area contributed by atoms with Gasteiger partial charge in [0.25, 0.3) is 0 Å². The molecule has 1 aliphatic rings. The first-order valence-electron chi connectivity index (χ1n) is 7.49. The maximum atomic E-state index is 5.80. The third kappa shape index (κ3) is 3.29. The predicted octanol–water partition coefficient (Wildman–Crippen LogP) is 2.02. The third-order valence-corrected chi connectivity index (χ3v) is 4.05. The molecule has 2 atom stereocenters. The molecule has 3 rings (SSSR count). The first-order chi connectivity index (χ1) is 10.2. The number of anilines is 2. The van der Waals surface area contributed by atoms with Gasteiger partial charge in [0.05, 0.1) is 0 Å². The van der Waals surface area contributed by atoms with Gasteiger partial charge in [-0.05, 0) is 18.8 Å². The number of hydrogen-bond acceptors (Lipinski definition) is 6. The molecular formula is C14H21N7. The zero-order chi connectivity index (χ0) is 14.7. The Morgan fingerprint density at radius 1 is 1.19 bits per heavy atom. The van der Waals surface area contributed by atoms with E-state index in [1.54, 1.807) is 23.3 Å². The van der Waals surface area contributed by atoms with Gasteiger partial charge in [-0.3, -0.25) is 4.57 Å². The van der Waals surface area contributed by atoms with Crippen LogP contribution in [-0.4, -0.2) is 30.5 Å². The summed E-state index contributed by atoms with van der Waals surface area (Å²) in [4.78, 5) is 16.8. The molecule has 1 fully saturated rings. The second kappa shape index (κ2) is 6.07. The van der Waals surface area contributed by atoms with Gasteiger partial charge in [-0.1, -0.05) is 26.2 Å². The van der Waals surface area contributed by atoms with Gasteiger partial charge in [0.2, 0.25) is 17.8 Å². The molecule has 0 radical (unpaired) electrons. The molecule has 7 nitrogen and oxygen atoms in total. The largest absolute Gasteiger partial charge is 0.368 e. The van der Waals surface area contributed by atoms with E-state index >= 15 is 0 Å². The molecule has 0 spiro atoms. The predicted molar refractivity (Wildman–Crippen MR) is 81.0 cm³/mol. The molecule has 1 aliphatic carbocycles. The fourth-order valence-corrected chi connectivity index (χ4v) is 2.81. The first kappa shape index (κ1) is 13.8. The normalized spacial score (nSPS) is 22.7. The van der Waals surface area contributed by atoms with Crippen LogP contribution in [0.2, 0.25) is 0 Å². The minimum Gasteiger partial charge on any atom is -0.368 e. The molecule has 0 amide bonds. The van der Waals surface area contributed by atoms with Gasteiger partial charge in [-0.15, -0.1) is 0 Å². The average molecular weight is 287 g/mol. The monoisotopic (exact) mass is 287 g/mol. The van der Waals surface area contributed by atoms with Crippen molar-refractivity contribution in [3.63, 3.8) is 0 Å². The lowest BCUT2D eigenvalue weighted by Crippen LogP contribution is -2.27. The van der Waals surface area contributed by atoms with Crippen molar-refractivity contribution in [2.45, 2.75) is 45.1 Å². The van der Waals surface area contributed by atoms with E-state index in [1.165, 1.54) is 25.7 Å². The van der Waals surface area contributed by atoms with Crippen LogP contribution in [0, 0.1) is 5.92 Å². The van der Waals surface area contributed by atoms with Gasteiger partial charge in [-0.25, -0.2) is 4.98 Å². The molecular weight excluding hydrogens is 266 g/mol. The van der Waals surface area contributed by atoms with Gasteiger partial charge in [0, 0.05) is 18.4 Å². The van der Waals surface area contributed by atoms with Gasteiger partial charge in [-0.2, -0.15) is 15.0 Å². The molecule has 3 N–H and O–H groups in total. The van der Waals surface area contributed by atoms with Crippen LogP contribution in [0.1, 0.15) is 39.0 Å². The highest BCUT2D eigenvalue weighted by molar-refractivity contribution is 5.36. The van der Waals surface area contributed by atoms with Crippen LogP contribution in [0.3, 0.4) is 0 Å². The maximum Gasteiger partial charge on any atom is 0.241 e. The van der Waals surface area contributed by atoms with Crippen molar-refractivity contribution in [3.8, 4) is 5.95 Å². The van der Waals surface area contributed by atoms with Crippen LogP contribution in [0.4, 0.5) is 11.9 Å². The molecule has 7 heteroatoms. The smallest absolute Gasteiger partial charge is 0.241 e. The average Bonchev–Trinajstić information content (AvgIpc) is 2.92. The lowest BCUT2D eigenvalue weighted by Gasteiger charge is -2.22. The van der Waals surface area contributed by atoms with Gasteiger partial charge in [0.15, 0.2) is 0 Å². The standard InChI is InChI=1S/C14H21N7/c1-10-5-3-2-4-6-11(10)17-13-18-12(15)19-14(20-13)21-8-7-16-9-21/h7-11H,2-6H2,1H3,(H3,15,17,18,19,20). The van der Waals surface area contributed by atoms with Crippen molar-refractivity contribution < 1.29 is 0 Å². The summed E-state index contributed by atoms with van der Waals surface area (Å²) >= 11 is 0. The van der Waals surface area contributed by atoms with Crippen LogP contribution >= 0.6 is 0 Å². The summed E-state index contributed by atoms with van der Waals surface area (Å²) < 4.78 is 1.72. The van der Waals surface area contributed by atoms with E-state index in [1.807, 2.05) is 0 Å². The number of hydrogen-bond donors (Lipinski definition) is 2. The van der Waals surface area contributed by atoms with E-state index in [9.17, 15) is 0 Å². The maximum absolute atomic E-state index is 5.80. The van der Waals surface area contributed by atoms with Crippen molar-refractivity contribution in [1.29, 1.82) is 0 Å². The summed E-state index contributed by atoms with van der Waals surface area (Å²) in [5.41, 5.74) is 5.80. The second-order valence-electron chi connectivity index (χ2n) is 5.65. The van der Waals surface area contributed by atoms with E-state index in [2.05, 4.69) is 32.2 Å². The van der Waals surface area contributed by atoms with E-state index in [4.69, 9.17) is 5.73 Å². The molecule has 2 aromatic heterocycles. The number of rotatable bonds is 3. The van der Waals surface area contributed by atoms with Crippen molar-refractivity contribution >= 4 is 11.9 Å². The molecule has 0 saturated heterocycles. The number of nitrogens with two attached hydrogens (primary N) is 1. The Morgan fingerprint density at radius 2 is 2.05 bits per heavy atom. The van der Waals surface area contributed by atoms with Crippen LogP contribution in [0.25, 0.3) is 5.95 Å². The summed E-state index contributed by atoms with van der Waals surface area (Å²) in [5.74, 6) is 1.87. The highest BCUT2D eigenvalue weighted by Crippen LogP contribution is 2.25. The summed E-state index contributed by atoms with van der Waals surface area (Å²) in [5, 5.41) is 3.44. The van der Waals surface area contributed by atoms with Crippen LogP contribution in [-0.2, 0) is 0 Å².